The van der Waals surface area contributed by atoms with E-state index < -0.39 is 5.54 Å². The van der Waals surface area contributed by atoms with E-state index in [1.807, 2.05) is 60.1 Å². The minimum Gasteiger partial charge on any atom is -0.309 e. The van der Waals surface area contributed by atoms with Crippen molar-refractivity contribution in [2.45, 2.75) is 70.6 Å². The molecule has 172 valence electrons. The van der Waals surface area contributed by atoms with E-state index in [0.29, 0.717) is 25.4 Å². The summed E-state index contributed by atoms with van der Waals surface area (Å²) in [5.74, 6) is -0.00518. The average Bonchev–Trinajstić information content (AvgIpc) is 3.38. The van der Waals surface area contributed by atoms with Crippen molar-refractivity contribution < 1.29 is 9.59 Å². The summed E-state index contributed by atoms with van der Waals surface area (Å²) in [4.78, 5) is 32.7. The summed E-state index contributed by atoms with van der Waals surface area (Å²) >= 11 is 0. The number of rotatable bonds is 8. The molecule has 4 rings (SSSR count). The summed E-state index contributed by atoms with van der Waals surface area (Å²) in [5.41, 5.74) is 0.490. The second-order valence-corrected chi connectivity index (χ2v) is 9.41. The lowest BCUT2D eigenvalue weighted by Crippen LogP contribution is -2.58. The van der Waals surface area contributed by atoms with Crippen LogP contribution in [-0.4, -0.2) is 73.7 Å². The van der Waals surface area contributed by atoms with Gasteiger partial charge in [-0.1, -0.05) is 30.3 Å². The van der Waals surface area contributed by atoms with Crippen LogP contribution in [-0.2, 0) is 17.8 Å². The predicted molar refractivity (Wildman–Crippen MR) is 124 cm³/mol. The molecule has 1 unspecified atom stereocenters. The summed E-state index contributed by atoms with van der Waals surface area (Å²) in [5, 5.41) is 4.29. The molecule has 2 aromatic rings. The van der Waals surface area contributed by atoms with Crippen LogP contribution in [0.2, 0.25) is 0 Å². The maximum atomic E-state index is 13.5. The highest BCUT2D eigenvalue weighted by Gasteiger charge is 2.58. The van der Waals surface area contributed by atoms with Gasteiger partial charge in [0.25, 0.3) is 5.91 Å². The first-order chi connectivity index (χ1) is 15.4. The Hall–Kier alpha value is -2.67. The van der Waals surface area contributed by atoms with Gasteiger partial charge < -0.3 is 9.80 Å². The molecule has 2 saturated heterocycles. The van der Waals surface area contributed by atoms with Crippen molar-refractivity contribution in [2.75, 3.05) is 19.6 Å². The fraction of sp³-hybridized carbons (Fsp3) is 0.560. The smallest absolute Gasteiger partial charge is 0.309 e. The molecule has 0 N–H and O–H groups in total. The molecule has 1 spiro atoms. The second kappa shape index (κ2) is 9.45. The number of carbonyl (C=O) groups is 2. The van der Waals surface area contributed by atoms with Crippen LogP contribution in [0.3, 0.4) is 0 Å². The number of amides is 3. The van der Waals surface area contributed by atoms with Crippen molar-refractivity contribution in [3.63, 3.8) is 0 Å². The third kappa shape index (κ3) is 4.31. The van der Waals surface area contributed by atoms with E-state index in [0.717, 1.165) is 32.5 Å². The van der Waals surface area contributed by atoms with Gasteiger partial charge in [-0.3, -0.25) is 14.4 Å². The zero-order valence-electron chi connectivity index (χ0n) is 19.5. The Labute approximate surface area is 191 Å². The van der Waals surface area contributed by atoms with Crippen molar-refractivity contribution >= 4 is 11.9 Å². The lowest BCUT2D eigenvalue weighted by molar-refractivity contribution is -0.137. The lowest BCUT2D eigenvalue weighted by atomic mass is 9.84. The fourth-order valence-corrected chi connectivity index (χ4v) is 5.14. The molecule has 3 heterocycles. The molecule has 3 amide bonds. The Morgan fingerprint density at radius 1 is 1.00 bits per heavy atom. The van der Waals surface area contributed by atoms with Crippen molar-refractivity contribution in [3.05, 3.63) is 54.4 Å². The number of urea groups is 1. The van der Waals surface area contributed by atoms with E-state index in [4.69, 9.17) is 0 Å². The van der Waals surface area contributed by atoms with Gasteiger partial charge in [-0.25, -0.2) is 4.79 Å². The molecule has 7 nitrogen and oxygen atoms in total. The van der Waals surface area contributed by atoms with Gasteiger partial charge in [-0.15, -0.1) is 0 Å². The third-order valence-electron chi connectivity index (χ3n) is 7.14. The number of hydrogen-bond donors (Lipinski definition) is 0. The summed E-state index contributed by atoms with van der Waals surface area (Å²) in [6.07, 6.45) is 6.96. The topological polar surface area (TPSA) is 61.7 Å². The van der Waals surface area contributed by atoms with Crippen LogP contribution in [0, 0.1) is 0 Å². The standard InChI is InChI=1S/C25H35N5O2/c1-20(2)30-23(31)25(29(24(30)32)17-11-22-8-5-4-6-9-22)12-18-27(19-13-25)21(3)10-16-28-15-7-14-26-28/h4-9,14-15,20-21H,10-13,16-19H2,1-3H3. The Bertz CT molecular complexity index is 904. The van der Waals surface area contributed by atoms with Gasteiger partial charge in [0.05, 0.1) is 0 Å². The number of hydrogen-bond acceptors (Lipinski definition) is 4. The first-order valence-electron chi connectivity index (χ1n) is 11.8. The second-order valence-electron chi connectivity index (χ2n) is 9.41. The number of carbonyl (C=O) groups excluding carboxylic acids is 2. The molecule has 0 aliphatic carbocycles. The van der Waals surface area contributed by atoms with Crippen LogP contribution in [0.15, 0.2) is 48.8 Å². The molecule has 0 radical (unpaired) electrons. The number of likely N-dealkylation sites (tertiary alicyclic amines) is 1. The predicted octanol–water partition coefficient (Wildman–Crippen LogP) is 3.41. The van der Waals surface area contributed by atoms with Gasteiger partial charge in [0, 0.05) is 50.7 Å². The normalized spacial score (nSPS) is 20.0. The molecule has 32 heavy (non-hydrogen) atoms. The Kier molecular flexibility index (Phi) is 6.65. The highest BCUT2D eigenvalue weighted by atomic mass is 16.2. The van der Waals surface area contributed by atoms with Gasteiger partial charge in [0.2, 0.25) is 0 Å². The van der Waals surface area contributed by atoms with Crippen LogP contribution >= 0.6 is 0 Å². The fourth-order valence-electron chi connectivity index (χ4n) is 5.14. The quantitative estimate of drug-likeness (QED) is 0.594. The number of aromatic nitrogens is 2. The minimum absolute atomic E-state index is 0.00518. The first-order valence-corrected chi connectivity index (χ1v) is 11.8. The van der Waals surface area contributed by atoms with Crippen molar-refractivity contribution in [1.82, 2.24) is 24.5 Å². The van der Waals surface area contributed by atoms with Gasteiger partial charge in [-0.2, -0.15) is 5.10 Å². The zero-order valence-corrected chi connectivity index (χ0v) is 19.5. The maximum absolute atomic E-state index is 13.5. The van der Waals surface area contributed by atoms with E-state index in [1.165, 1.54) is 10.5 Å². The third-order valence-corrected chi connectivity index (χ3v) is 7.14. The van der Waals surface area contributed by atoms with Gasteiger partial charge in [0.15, 0.2) is 0 Å². The van der Waals surface area contributed by atoms with Gasteiger partial charge in [0.1, 0.15) is 5.54 Å². The van der Waals surface area contributed by atoms with E-state index in [1.54, 1.807) is 0 Å². The number of nitrogens with zero attached hydrogens (tertiary/aromatic N) is 5. The van der Waals surface area contributed by atoms with Crippen molar-refractivity contribution in [2.24, 2.45) is 0 Å². The summed E-state index contributed by atoms with van der Waals surface area (Å²) in [7, 11) is 0. The highest BCUT2D eigenvalue weighted by molar-refractivity contribution is 6.07. The Balaban J connectivity index is 1.45. The Morgan fingerprint density at radius 2 is 1.72 bits per heavy atom. The molecular weight excluding hydrogens is 402 g/mol. The number of benzene rings is 1. The molecule has 2 aliphatic heterocycles. The largest absolute Gasteiger partial charge is 0.327 e. The Morgan fingerprint density at radius 3 is 2.34 bits per heavy atom. The van der Waals surface area contributed by atoms with Crippen LogP contribution in [0.5, 0.6) is 0 Å². The number of imide groups is 1. The van der Waals surface area contributed by atoms with E-state index in [2.05, 4.69) is 29.1 Å². The first kappa shape index (κ1) is 22.5. The molecule has 2 fully saturated rings. The molecule has 1 aromatic carbocycles. The molecule has 0 bridgehead atoms. The minimum atomic E-state index is -0.700. The highest BCUT2D eigenvalue weighted by Crippen LogP contribution is 2.39. The summed E-state index contributed by atoms with van der Waals surface area (Å²) in [6.45, 7) is 9.22. The molecule has 0 saturated carbocycles. The maximum Gasteiger partial charge on any atom is 0.327 e. The summed E-state index contributed by atoms with van der Waals surface area (Å²) < 4.78 is 1.97. The van der Waals surface area contributed by atoms with Gasteiger partial charge >= 0.3 is 6.03 Å². The number of piperidine rings is 1. The average molecular weight is 438 g/mol. The van der Waals surface area contributed by atoms with Crippen molar-refractivity contribution in [1.29, 1.82) is 0 Å². The van der Waals surface area contributed by atoms with E-state index in [9.17, 15) is 9.59 Å². The SMILES string of the molecule is CC(CCn1cccn1)N1CCC2(CC1)C(=O)N(C(C)C)C(=O)N2CCc1ccccc1. The van der Waals surface area contributed by atoms with E-state index in [-0.39, 0.29) is 18.0 Å². The molecule has 2 aliphatic rings. The molecular formula is C25H35N5O2. The van der Waals surface area contributed by atoms with Gasteiger partial charge in [-0.05, 0) is 58.1 Å². The summed E-state index contributed by atoms with van der Waals surface area (Å²) in [6, 6.07) is 12.3. The molecule has 1 aromatic heterocycles. The lowest BCUT2D eigenvalue weighted by Gasteiger charge is -2.44. The molecule has 1 atom stereocenters. The van der Waals surface area contributed by atoms with Crippen LogP contribution in [0.1, 0.15) is 45.6 Å². The van der Waals surface area contributed by atoms with Crippen LogP contribution < -0.4 is 0 Å². The monoisotopic (exact) mass is 437 g/mol. The van der Waals surface area contributed by atoms with E-state index >= 15 is 0 Å². The molecule has 7 heteroatoms. The zero-order chi connectivity index (χ0) is 22.7. The van der Waals surface area contributed by atoms with Crippen LogP contribution in [0.25, 0.3) is 0 Å². The van der Waals surface area contributed by atoms with Crippen LogP contribution in [0.4, 0.5) is 4.79 Å². The van der Waals surface area contributed by atoms with Crippen molar-refractivity contribution in [3.8, 4) is 0 Å². The number of aryl methyl sites for hydroxylation is 1.